The van der Waals surface area contributed by atoms with E-state index in [4.69, 9.17) is 0 Å². The predicted molar refractivity (Wildman–Crippen MR) is 66.6 cm³/mol. The molecule has 1 aromatic rings. The summed E-state index contributed by atoms with van der Waals surface area (Å²) >= 11 is 0. The molecule has 1 rings (SSSR count). The summed E-state index contributed by atoms with van der Waals surface area (Å²) in [5.74, 6) is 5.57. The van der Waals surface area contributed by atoms with Gasteiger partial charge in [0, 0.05) is 6.07 Å². The van der Waals surface area contributed by atoms with Crippen molar-refractivity contribution in [1.82, 2.24) is 9.78 Å². The number of aliphatic hydroxyl groups is 1. The molecule has 1 N–H and O–H groups in total. The quantitative estimate of drug-likeness (QED) is 0.782. The molecule has 4 heteroatoms. The molecule has 0 radical (unpaired) electrons. The summed E-state index contributed by atoms with van der Waals surface area (Å²) in [6.45, 7) is 7.55. The minimum Gasteiger partial charge on any atom is -0.380 e. The van der Waals surface area contributed by atoms with Crippen molar-refractivity contribution < 1.29 is 5.11 Å². The monoisotopic (exact) mass is 234 g/mol. The van der Waals surface area contributed by atoms with E-state index in [0.29, 0.717) is 5.69 Å². The highest BCUT2D eigenvalue weighted by Crippen LogP contribution is 2.00. The first-order valence-corrected chi connectivity index (χ1v) is 5.71. The van der Waals surface area contributed by atoms with Crippen LogP contribution in [0.2, 0.25) is 0 Å². The topological polar surface area (TPSA) is 55.1 Å². The number of nitrogens with zero attached hydrogens (tertiary/aromatic N) is 2. The maximum Gasteiger partial charge on any atom is 0.267 e. The maximum atomic E-state index is 11.5. The van der Waals surface area contributed by atoms with Gasteiger partial charge in [-0.25, -0.2) is 4.68 Å². The maximum absolute atomic E-state index is 11.5. The lowest BCUT2D eigenvalue weighted by molar-refractivity contribution is 0.181. The normalized spacial score (nSPS) is 12.4. The highest BCUT2D eigenvalue weighted by molar-refractivity contribution is 5.27. The van der Waals surface area contributed by atoms with Gasteiger partial charge in [0.25, 0.3) is 5.56 Å². The lowest BCUT2D eigenvalue weighted by Gasteiger charge is -2.08. The van der Waals surface area contributed by atoms with Gasteiger partial charge in [0.2, 0.25) is 0 Å². The third kappa shape index (κ3) is 3.72. The van der Waals surface area contributed by atoms with E-state index < -0.39 is 6.10 Å². The van der Waals surface area contributed by atoms with Gasteiger partial charge >= 0.3 is 0 Å². The molecule has 17 heavy (non-hydrogen) atoms. The lowest BCUT2D eigenvalue weighted by atomic mass is 10.1. The van der Waals surface area contributed by atoms with Crippen molar-refractivity contribution in [1.29, 1.82) is 0 Å². The van der Waals surface area contributed by atoms with Gasteiger partial charge in [0.1, 0.15) is 11.8 Å². The molecule has 0 aliphatic heterocycles. The van der Waals surface area contributed by atoms with Gasteiger partial charge in [0.15, 0.2) is 0 Å². The molecule has 0 aliphatic rings. The van der Waals surface area contributed by atoms with Gasteiger partial charge in [-0.2, -0.15) is 5.10 Å². The fourth-order valence-electron chi connectivity index (χ4n) is 1.18. The zero-order chi connectivity index (χ0) is 13.0. The van der Waals surface area contributed by atoms with Crippen molar-refractivity contribution in [3.63, 3.8) is 0 Å². The van der Waals surface area contributed by atoms with Crippen molar-refractivity contribution in [3.05, 3.63) is 28.2 Å². The lowest BCUT2D eigenvalue weighted by Crippen LogP contribution is -2.24. The Labute approximate surface area is 101 Å². The Bertz CT molecular complexity index is 492. The third-order valence-corrected chi connectivity index (χ3v) is 2.29. The summed E-state index contributed by atoms with van der Waals surface area (Å²) in [4.78, 5) is 11.5. The van der Waals surface area contributed by atoms with Crippen LogP contribution in [0.25, 0.3) is 0 Å². The average molecular weight is 234 g/mol. The largest absolute Gasteiger partial charge is 0.380 e. The second-order valence-electron chi connectivity index (χ2n) is 4.55. The molecule has 0 aliphatic carbocycles. The standard InChI is InChI=1S/C13H18N2O2/c1-9(2)12(16)7-5-11-6-8-13(17)15(14-11)10(3)4/h6,8-10,12,16H,1-4H3. The predicted octanol–water partition coefficient (Wildman–Crippen LogP) is 1.19. The Balaban J connectivity index is 3.01. The molecule has 0 spiro atoms. The van der Waals surface area contributed by atoms with E-state index in [0.717, 1.165) is 0 Å². The van der Waals surface area contributed by atoms with Crippen molar-refractivity contribution >= 4 is 0 Å². The van der Waals surface area contributed by atoms with Crippen molar-refractivity contribution in [2.45, 2.75) is 39.8 Å². The van der Waals surface area contributed by atoms with Crippen LogP contribution in [0.5, 0.6) is 0 Å². The Morgan fingerprint density at radius 1 is 1.29 bits per heavy atom. The van der Waals surface area contributed by atoms with Crippen LogP contribution in [0, 0.1) is 17.8 Å². The van der Waals surface area contributed by atoms with Gasteiger partial charge in [-0.3, -0.25) is 4.79 Å². The molecule has 1 heterocycles. The van der Waals surface area contributed by atoms with Crippen LogP contribution in [0.3, 0.4) is 0 Å². The highest BCUT2D eigenvalue weighted by Gasteiger charge is 2.05. The minimum atomic E-state index is -0.670. The molecular formula is C13H18N2O2. The highest BCUT2D eigenvalue weighted by atomic mass is 16.3. The van der Waals surface area contributed by atoms with Crippen LogP contribution >= 0.6 is 0 Å². The Kier molecular flexibility index (Phi) is 4.47. The molecule has 4 nitrogen and oxygen atoms in total. The molecule has 0 aromatic carbocycles. The number of hydrogen-bond donors (Lipinski definition) is 1. The smallest absolute Gasteiger partial charge is 0.267 e. The molecule has 0 saturated heterocycles. The third-order valence-electron chi connectivity index (χ3n) is 2.29. The molecule has 92 valence electrons. The molecule has 1 aromatic heterocycles. The van der Waals surface area contributed by atoms with Gasteiger partial charge < -0.3 is 5.11 Å². The van der Waals surface area contributed by atoms with E-state index in [1.807, 2.05) is 27.7 Å². The molecule has 0 bridgehead atoms. The van der Waals surface area contributed by atoms with Crippen LogP contribution < -0.4 is 5.56 Å². The van der Waals surface area contributed by atoms with Gasteiger partial charge in [-0.1, -0.05) is 19.8 Å². The molecule has 0 saturated carbocycles. The minimum absolute atomic E-state index is 0.000674. The van der Waals surface area contributed by atoms with E-state index in [2.05, 4.69) is 16.9 Å². The van der Waals surface area contributed by atoms with E-state index in [1.54, 1.807) is 6.07 Å². The van der Waals surface area contributed by atoms with Crippen molar-refractivity contribution in [3.8, 4) is 11.8 Å². The summed E-state index contributed by atoms with van der Waals surface area (Å²) in [5.41, 5.74) is 0.355. The SMILES string of the molecule is CC(C)C(O)C#Cc1ccc(=O)n(C(C)C)n1. The van der Waals surface area contributed by atoms with E-state index in [9.17, 15) is 9.90 Å². The van der Waals surface area contributed by atoms with E-state index in [1.165, 1.54) is 10.7 Å². The van der Waals surface area contributed by atoms with Crippen LogP contribution in [-0.2, 0) is 0 Å². The average Bonchev–Trinajstić information content (AvgIpc) is 2.26. The van der Waals surface area contributed by atoms with Gasteiger partial charge in [-0.15, -0.1) is 0 Å². The number of hydrogen-bond acceptors (Lipinski definition) is 3. The number of aromatic nitrogens is 2. The summed E-state index contributed by atoms with van der Waals surface area (Å²) < 4.78 is 1.38. The van der Waals surface area contributed by atoms with Crippen LogP contribution in [-0.4, -0.2) is 21.0 Å². The fourth-order valence-corrected chi connectivity index (χ4v) is 1.18. The second kappa shape index (κ2) is 5.65. The first kappa shape index (κ1) is 13.5. The first-order chi connectivity index (χ1) is 7.91. The summed E-state index contributed by atoms with van der Waals surface area (Å²) in [5, 5.41) is 13.7. The number of aliphatic hydroxyl groups excluding tert-OH is 1. The van der Waals surface area contributed by atoms with Crippen LogP contribution in [0.4, 0.5) is 0 Å². The van der Waals surface area contributed by atoms with Crippen LogP contribution in [0.15, 0.2) is 16.9 Å². The van der Waals surface area contributed by atoms with E-state index in [-0.39, 0.29) is 17.5 Å². The molecule has 0 fully saturated rings. The molecule has 1 unspecified atom stereocenters. The first-order valence-electron chi connectivity index (χ1n) is 5.71. The fraction of sp³-hybridized carbons (Fsp3) is 0.538. The van der Waals surface area contributed by atoms with Gasteiger partial charge in [-0.05, 0) is 31.8 Å². The Morgan fingerprint density at radius 3 is 2.47 bits per heavy atom. The second-order valence-corrected chi connectivity index (χ2v) is 4.55. The Morgan fingerprint density at radius 2 is 1.94 bits per heavy atom. The molecular weight excluding hydrogens is 216 g/mol. The zero-order valence-corrected chi connectivity index (χ0v) is 10.6. The summed E-state index contributed by atoms with van der Waals surface area (Å²) in [6, 6.07) is 3.01. The van der Waals surface area contributed by atoms with Gasteiger partial charge in [0.05, 0.1) is 6.04 Å². The van der Waals surface area contributed by atoms with E-state index >= 15 is 0 Å². The Hall–Kier alpha value is -1.60. The number of rotatable bonds is 2. The summed E-state index contributed by atoms with van der Waals surface area (Å²) in [7, 11) is 0. The summed E-state index contributed by atoms with van der Waals surface area (Å²) in [6.07, 6.45) is -0.670. The molecule has 0 amide bonds. The molecule has 1 atom stereocenters. The zero-order valence-electron chi connectivity index (χ0n) is 10.6. The van der Waals surface area contributed by atoms with Crippen molar-refractivity contribution in [2.75, 3.05) is 0 Å². The van der Waals surface area contributed by atoms with Crippen molar-refractivity contribution in [2.24, 2.45) is 5.92 Å². The van der Waals surface area contributed by atoms with Crippen LogP contribution in [0.1, 0.15) is 39.4 Å².